The maximum atomic E-state index is 12.2. The van der Waals surface area contributed by atoms with Gasteiger partial charge in [-0.2, -0.15) is 0 Å². The maximum absolute atomic E-state index is 12.2. The van der Waals surface area contributed by atoms with E-state index in [0.717, 1.165) is 0 Å². The molecule has 1 atom stereocenters. The van der Waals surface area contributed by atoms with Gasteiger partial charge < -0.3 is 9.26 Å². The highest BCUT2D eigenvalue weighted by atomic mass is 35.5. The van der Waals surface area contributed by atoms with Crippen LogP contribution < -0.4 is 5.50 Å². The van der Waals surface area contributed by atoms with Crippen LogP contribution in [0.3, 0.4) is 0 Å². The van der Waals surface area contributed by atoms with Crippen LogP contribution in [0, 0.1) is 0 Å². The topological polar surface area (TPSA) is 109 Å². The van der Waals surface area contributed by atoms with E-state index in [4.69, 9.17) is 26.4 Å². The molecule has 8 nitrogen and oxygen atoms in total. The molecule has 1 unspecified atom stereocenters. The zero-order valence-electron chi connectivity index (χ0n) is 12.2. The second-order valence-electron chi connectivity index (χ2n) is 4.37. The zero-order chi connectivity index (χ0) is 16.3. The number of imidazole rings is 1. The van der Waals surface area contributed by atoms with Crippen molar-refractivity contribution in [2.24, 2.45) is 5.50 Å². The van der Waals surface area contributed by atoms with E-state index in [1.165, 1.54) is 16.8 Å². The maximum Gasteiger partial charge on any atom is 0.358 e. The molecule has 2 N–H and O–H groups in total. The van der Waals surface area contributed by atoms with Gasteiger partial charge in [0.15, 0.2) is 5.69 Å². The number of halogens is 1. The molecule has 0 saturated carbocycles. The van der Waals surface area contributed by atoms with Crippen molar-refractivity contribution in [3.8, 4) is 0 Å². The number of hydrogen-bond acceptors (Lipinski definition) is 6. The van der Waals surface area contributed by atoms with Crippen molar-refractivity contribution in [3.63, 3.8) is 0 Å². The van der Waals surface area contributed by atoms with E-state index in [-0.39, 0.29) is 35.9 Å². The number of nitrogens with zero attached hydrogens (tertiary/aromatic N) is 3. The second kappa shape index (κ2) is 6.75. The quantitative estimate of drug-likeness (QED) is 0.631. The van der Waals surface area contributed by atoms with E-state index < -0.39 is 13.5 Å². The predicted molar refractivity (Wildman–Crippen MR) is 81.1 cm³/mol. The Hall–Kier alpha value is -1.47. The highest BCUT2D eigenvalue weighted by Gasteiger charge is 2.23. The summed E-state index contributed by atoms with van der Waals surface area (Å²) in [6.07, 6.45) is 2.69. The first kappa shape index (κ1) is 16.9. The lowest BCUT2D eigenvalue weighted by molar-refractivity contribution is 0.0520. The molecular weight excluding hydrogens is 331 g/mol. The Labute approximate surface area is 132 Å². The van der Waals surface area contributed by atoms with E-state index in [0.29, 0.717) is 5.69 Å². The van der Waals surface area contributed by atoms with Crippen molar-refractivity contribution in [1.29, 1.82) is 0 Å². The minimum Gasteiger partial charge on any atom is -0.461 e. The van der Waals surface area contributed by atoms with Crippen LogP contribution in [0.5, 0.6) is 0 Å². The van der Waals surface area contributed by atoms with Gasteiger partial charge in [0.05, 0.1) is 36.3 Å². The summed E-state index contributed by atoms with van der Waals surface area (Å²) in [7, 11) is -3.35. The molecule has 0 aliphatic carbocycles. The molecule has 0 radical (unpaired) electrons. The lowest BCUT2D eigenvalue weighted by Gasteiger charge is -2.14. The summed E-state index contributed by atoms with van der Waals surface area (Å²) >= 11 is 6.10. The highest BCUT2D eigenvalue weighted by Crippen LogP contribution is 2.42. The lowest BCUT2D eigenvalue weighted by atomic mass is 10.4. The molecule has 2 heterocycles. The number of nitrogens with two attached hydrogens (primary N) is 1. The predicted octanol–water partition coefficient (Wildman–Crippen LogP) is 2.25. The van der Waals surface area contributed by atoms with Crippen molar-refractivity contribution in [2.45, 2.75) is 20.0 Å². The lowest BCUT2D eigenvalue weighted by Crippen LogP contribution is -2.07. The first-order valence-corrected chi connectivity index (χ1v) is 8.85. The van der Waals surface area contributed by atoms with Gasteiger partial charge in [-0.1, -0.05) is 11.6 Å². The SMILES string of the molecule is CCOC(=O)c1cn2c(CP(N)(=O)OCC)c(Cl)cnc2n1. The van der Waals surface area contributed by atoms with E-state index in [2.05, 4.69) is 9.97 Å². The van der Waals surface area contributed by atoms with Gasteiger partial charge >= 0.3 is 5.97 Å². The van der Waals surface area contributed by atoms with Crippen molar-refractivity contribution < 1.29 is 18.6 Å². The van der Waals surface area contributed by atoms with Crippen molar-refractivity contribution in [3.05, 3.63) is 28.8 Å². The molecule has 2 aromatic rings. The van der Waals surface area contributed by atoms with E-state index in [9.17, 15) is 9.36 Å². The standard InChI is InChI=1S/C12H16ClN4O4P/c1-3-20-11(18)9-6-17-10(7-22(14,19)21-4-2)8(13)5-15-12(17)16-9/h5-6H,3-4,7H2,1-2H3,(H2,14,19). The molecule has 0 aliphatic heterocycles. The molecule has 0 bridgehead atoms. The van der Waals surface area contributed by atoms with Gasteiger partial charge in [-0.25, -0.2) is 14.8 Å². The number of rotatable bonds is 6. The Kier molecular flexibility index (Phi) is 5.18. The Morgan fingerprint density at radius 2 is 2.18 bits per heavy atom. The number of carbonyl (C=O) groups is 1. The Balaban J connectivity index is 2.47. The molecule has 0 fully saturated rings. The van der Waals surface area contributed by atoms with Crippen LogP contribution in [0.1, 0.15) is 30.0 Å². The summed E-state index contributed by atoms with van der Waals surface area (Å²) in [5.41, 5.74) is 6.16. The van der Waals surface area contributed by atoms with Crippen LogP contribution in [0.25, 0.3) is 5.78 Å². The van der Waals surface area contributed by atoms with Crippen LogP contribution >= 0.6 is 19.1 Å². The van der Waals surface area contributed by atoms with Crippen LogP contribution in [0.4, 0.5) is 0 Å². The summed E-state index contributed by atoms with van der Waals surface area (Å²) in [5.74, 6) is -0.338. The summed E-state index contributed by atoms with van der Waals surface area (Å²) in [4.78, 5) is 19.8. The first-order chi connectivity index (χ1) is 10.4. The Morgan fingerprint density at radius 1 is 1.45 bits per heavy atom. The summed E-state index contributed by atoms with van der Waals surface area (Å²) in [6, 6.07) is 0. The van der Waals surface area contributed by atoms with Crippen molar-refractivity contribution >= 4 is 30.9 Å². The number of fused-ring (bicyclic) bond motifs is 1. The smallest absolute Gasteiger partial charge is 0.358 e. The van der Waals surface area contributed by atoms with Gasteiger partial charge in [0.1, 0.15) is 0 Å². The molecule has 0 saturated heterocycles. The summed E-state index contributed by atoms with van der Waals surface area (Å²) in [5, 5.41) is 0.255. The number of carbonyl (C=O) groups excluding carboxylic acids is 1. The second-order valence-corrected chi connectivity index (χ2v) is 6.81. The molecule has 0 spiro atoms. The molecule has 2 aromatic heterocycles. The van der Waals surface area contributed by atoms with Crippen LogP contribution in [0.15, 0.2) is 12.4 Å². The average Bonchev–Trinajstić information content (AvgIpc) is 2.87. The molecule has 0 aromatic carbocycles. The Morgan fingerprint density at radius 3 is 2.82 bits per heavy atom. The van der Waals surface area contributed by atoms with Gasteiger partial charge in [0.25, 0.3) is 7.52 Å². The number of aromatic nitrogens is 3. The summed E-state index contributed by atoms with van der Waals surface area (Å²) < 4.78 is 23.6. The number of esters is 1. The first-order valence-electron chi connectivity index (χ1n) is 6.59. The number of ether oxygens (including phenoxy) is 1. The largest absolute Gasteiger partial charge is 0.461 e. The molecular formula is C12H16ClN4O4P. The van der Waals surface area contributed by atoms with Crippen molar-refractivity contribution in [2.75, 3.05) is 13.2 Å². The van der Waals surface area contributed by atoms with E-state index >= 15 is 0 Å². The number of hydrogen-bond donors (Lipinski definition) is 1. The van der Waals surface area contributed by atoms with Gasteiger partial charge in [-0.05, 0) is 13.8 Å². The third-order valence-electron chi connectivity index (χ3n) is 2.75. The average molecular weight is 347 g/mol. The van der Waals surface area contributed by atoms with Gasteiger partial charge in [-0.15, -0.1) is 0 Å². The van der Waals surface area contributed by atoms with Crippen LogP contribution in [-0.2, 0) is 20.0 Å². The molecule has 120 valence electrons. The molecule has 10 heteroatoms. The molecule has 22 heavy (non-hydrogen) atoms. The fourth-order valence-electron chi connectivity index (χ4n) is 1.89. The molecule has 0 amide bonds. The van der Waals surface area contributed by atoms with Gasteiger partial charge in [0.2, 0.25) is 5.78 Å². The van der Waals surface area contributed by atoms with Crippen molar-refractivity contribution in [1.82, 2.24) is 14.4 Å². The van der Waals surface area contributed by atoms with Crippen LogP contribution in [-0.4, -0.2) is 33.6 Å². The normalized spacial score (nSPS) is 14.0. The zero-order valence-corrected chi connectivity index (χ0v) is 13.8. The highest BCUT2D eigenvalue weighted by molar-refractivity contribution is 7.55. The molecule has 0 aliphatic rings. The minimum absolute atomic E-state index is 0.0844. The monoisotopic (exact) mass is 346 g/mol. The third kappa shape index (κ3) is 3.64. The van der Waals surface area contributed by atoms with E-state index in [1.807, 2.05) is 0 Å². The fourth-order valence-corrected chi connectivity index (χ4v) is 3.46. The third-order valence-corrected chi connectivity index (χ3v) is 4.50. The minimum atomic E-state index is -3.35. The van der Waals surface area contributed by atoms with Gasteiger partial charge in [-0.3, -0.25) is 14.5 Å². The summed E-state index contributed by atoms with van der Waals surface area (Å²) in [6.45, 7) is 3.84. The van der Waals surface area contributed by atoms with E-state index in [1.54, 1.807) is 13.8 Å². The van der Waals surface area contributed by atoms with Gasteiger partial charge in [0, 0.05) is 6.20 Å². The Bertz CT molecular complexity index is 748. The van der Waals surface area contributed by atoms with Crippen LogP contribution in [0.2, 0.25) is 5.02 Å². The molecule has 2 rings (SSSR count). The fraction of sp³-hybridized carbons (Fsp3) is 0.417.